The molecule has 2 aromatic rings. The zero-order valence-electron chi connectivity index (χ0n) is 12.8. The third-order valence-electron chi connectivity index (χ3n) is 3.97. The molecule has 1 aliphatic rings. The Hall–Kier alpha value is -2.69. The van der Waals surface area contributed by atoms with Crippen molar-refractivity contribution in [3.63, 3.8) is 0 Å². The monoisotopic (exact) mass is 312 g/mol. The summed E-state index contributed by atoms with van der Waals surface area (Å²) in [6, 6.07) is 12.5. The van der Waals surface area contributed by atoms with Crippen LogP contribution < -0.4 is 5.32 Å². The molecule has 0 aliphatic carbocycles. The number of carbonyl (C=O) groups is 2. The van der Waals surface area contributed by atoms with Gasteiger partial charge in [0.15, 0.2) is 0 Å². The summed E-state index contributed by atoms with van der Waals surface area (Å²) < 4.78 is 13.9. The molecule has 1 N–H and O–H groups in total. The van der Waals surface area contributed by atoms with Gasteiger partial charge < -0.3 is 10.2 Å². The Balaban J connectivity index is 1.98. The molecule has 1 heterocycles. The maximum Gasteiger partial charge on any atom is 0.257 e. The molecule has 4 nitrogen and oxygen atoms in total. The molecule has 1 fully saturated rings. The van der Waals surface area contributed by atoms with Crippen LogP contribution in [0.5, 0.6) is 0 Å². The van der Waals surface area contributed by atoms with E-state index < -0.39 is 17.8 Å². The van der Waals surface area contributed by atoms with Gasteiger partial charge in [-0.3, -0.25) is 9.59 Å². The van der Waals surface area contributed by atoms with Crippen LogP contribution in [0.3, 0.4) is 0 Å². The van der Waals surface area contributed by atoms with Gasteiger partial charge in [0.1, 0.15) is 11.9 Å². The number of hydrogen-bond donors (Lipinski definition) is 1. The number of hydrogen-bond acceptors (Lipinski definition) is 2. The Kier molecular flexibility index (Phi) is 4.10. The fraction of sp³-hybridized carbons (Fsp3) is 0.222. The number of benzene rings is 2. The quantitative estimate of drug-likeness (QED) is 0.926. The first-order valence-corrected chi connectivity index (χ1v) is 7.47. The van der Waals surface area contributed by atoms with Crippen LogP contribution >= 0.6 is 0 Å². The highest BCUT2D eigenvalue weighted by atomic mass is 19.1. The van der Waals surface area contributed by atoms with Crippen LogP contribution in [-0.4, -0.2) is 29.8 Å². The maximum absolute atomic E-state index is 13.9. The number of halogens is 1. The minimum absolute atomic E-state index is 0.0145. The normalized spacial score (nSPS) is 17.7. The van der Waals surface area contributed by atoms with Gasteiger partial charge in [-0.25, -0.2) is 4.39 Å². The van der Waals surface area contributed by atoms with Gasteiger partial charge >= 0.3 is 0 Å². The first-order valence-electron chi connectivity index (χ1n) is 7.47. The molecule has 1 aliphatic heterocycles. The van der Waals surface area contributed by atoms with Gasteiger partial charge in [-0.1, -0.05) is 42.0 Å². The smallest absolute Gasteiger partial charge is 0.257 e. The largest absolute Gasteiger partial charge is 0.352 e. The molecule has 23 heavy (non-hydrogen) atoms. The number of aryl methyl sites for hydroxylation is 1. The highest BCUT2D eigenvalue weighted by Crippen LogP contribution is 2.26. The van der Waals surface area contributed by atoms with E-state index in [9.17, 15) is 14.0 Å². The van der Waals surface area contributed by atoms with E-state index in [2.05, 4.69) is 5.32 Å². The Morgan fingerprint density at radius 1 is 1.17 bits per heavy atom. The Labute approximate surface area is 133 Å². The van der Waals surface area contributed by atoms with E-state index in [0.29, 0.717) is 13.1 Å². The van der Waals surface area contributed by atoms with Crippen molar-refractivity contribution < 1.29 is 14.0 Å². The van der Waals surface area contributed by atoms with Gasteiger partial charge in [0, 0.05) is 13.1 Å². The zero-order chi connectivity index (χ0) is 16.4. The van der Waals surface area contributed by atoms with E-state index in [1.165, 1.54) is 23.1 Å². The molecule has 1 atom stereocenters. The summed E-state index contributed by atoms with van der Waals surface area (Å²) in [5.74, 6) is -1.29. The average Bonchev–Trinajstić information content (AvgIpc) is 2.55. The third-order valence-corrected chi connectivity index (χ3v) is 3.97. The molecular weight excluding hydrogens is 295 g/mol. The van der Waals surface area contributed by atoms with E-state index in [-0.39, 0.29) is 11.5 Å². The molecule has 5 heteroatoms. The van der Waals surface area contributed by atoms with E-state index in [1.807, 2.05) is 31.2 Å². The van der Waals surface area contributed by atoms with Crippen LogP contribution in [0.2, 0.25) is 0 Å². The van der Waals surface area contributed by atoms with Crippen LogP contribution in [0.15, 0.2) is 48.5 Å². The lowest BCUT2D eigenvalue weighted by Gasteiger charge is -2.35. The van der Waals surface area contributed by atoms with Crippen molar-refractivity contribution in [1.29, 1.82) is 0 Å². The number of nitrogens with one attached hydrogen (secondary N) is 1. The number of carbonyl (C=O) groups excluding carboxylic acids is 2. The van der Waals surface area contributed by atoms with Crippen molar-refractivity contribution in [2.75, 3.05) is 13.1 Å². The summed E-state index contributed by atoms with van der Waals surface area (Å²) in [4.78, 5) is 26.5. The molecule has 0 spiro atoms. The highest BCUT2D eigenvalue weighted by molar-refractivity contribution is 5.98. The van der Waals surface area contributed by atoms with Gasteiger partial charge in [0.25, 0.3) is 5.91 Å². The van der Waals surface area contributed by atoms with Crippen LogP contribution in [0.25, 0.3) is 0 Å². The van der Waals surface area contributed by atoms with E-state index in [0.717, 1.165) is 11.1 Å². The number of piperazine rings is 1. The van der Waals surface area contributed by atoms with E-state index in [4.69, 9.17) is 0 Å². The van der Waals surface area contributed by atoms with Crippen molar-refractivity contribution in [1.82, 2.24) is 10.2 Å². The second kappa shape index (κ2) is 6.20. The fourth-order valence-electron chi connectivity index (χ4n) is 2.76. The third kappa shape index (κ3) is 2.95. The first-order chi connectivity index (χ1) is 11.1. The Morgan fingerprint density at radius 2 is 1.87 bits per heavy atom. The Morgan fingerprint density at radius 3 is 2.57 bits per heavy atom. The fourth-order valence-corrected chi connectivity index (χ4v) is 2.76. The van der Waals surface area contributed by atoms with Gasteiger partial charge in [-0.05, 0) is 24.6 Å². The second-order valence-corrected chi connectivity index (χ2v) is 5.58. The van der Waals surface area contributed by atoms with E-state index in [1.54, 1.807) is 6.07 Å². The SMILES string of the molecule is Cc1ccc(C2C(=O)NCCN2C(=O)c2ccccc2F)cc1. The molecule has 1 saturated heterocycles. The molecule has 3 rings (SSSR count). The predicted octanol–water partition coefficient (Wildman–Crippen LogP) is 2.45. The van der Waals surface area contributed by atoms with Gasteiger partial charge in [-0.2, -0.15) is 0 Å². The molecule has 0 radical (unpaired) electrons. The minimum Gasteiger partial charge on any atom is -0.352 e. The molecule has 0 bridgehead atoms. The molecule has 0 aromatic heterocycles. The van der Waals surface area contributed by atoms with Crippen molar-refractivity contribution >= 4 is 11.8 Å². The molecule has 2 aromatic carbocycles. The van der Waals surface area contributed by atoms with Gasteiger partial charge in [-0.15, -0.1) is 0 Å². The van der Waals surface area contributed by atoms with Crippen LogP contribution in [0.1, 0.15) is 27.5 Å². The summed E-state index contributed by atoms with van der Waals surface area (Å²) in [6.07, 6.45) is 0. The standard InChI is InChI=1S/C18H17FN2O2/c1-12-6-8-13(9-7-12)16-17(22)20-10-11-21(16)18(23)14-4-2-3-5-15(14)19/h2-9,16H,10-11H2,1H3,(H,20,22). The second-order valence-electron chi connectivity index (χ2n) is 5.58. The topological polar surface area (TPSA) is 49.4 Å². The predicted molar refractivity (Wildman–Crippen MR) is 84.4 cm³/mol. The zero-order valence-corrected chi connectivity index (χ0v) is 12.8. The molecule has 118 valence electrons. The lowest BCUT2D eigenvalue weighted by Crippen LogP contribution is -2.52. The molecular formula is C18H17FN2O2. The summed E-state index contributed by atoms with van der Waals surface area (Å²) in [6.45, 7) is 2.66. The number of amides is 2. The summed E-state index contributed by atoms with van der Waals surface area (Å²) in [7, 11) is 0. The van der Waals surface area contributed by atoms with E-state index >= 15 is 0 Å². The van der Waals surface area contributed by atoms with Crippen LogP contribution in [0.4, 0.5) is 4.39 Å². The minimum atomic E-state index is -0.739. The summed E-state index contributed by atoms with van der Waals surface area (Å²) >= 11 is 0. The van der Waals surface area contributed by atoms with Gasteiger partial charge in [0.2, 0.25) is 5.91 Å². The highest BCUT2D eigenvalue weighted by Gasteiger charge is 2.35. The molecule has 2 amide bonds. The summed E-state index contributed by atoms with van der Waals surface area (Å²) in [5, 5.41) is 2.77. The summed E-state index contributed by atoms with van der Waals surface area (Å²) in [5.41, 5.74) is 1.77. The Bertz CT molecular complexity index is 743. The molecule has 1 unspecified atom stereocenters. The van der Waals surface area contributed by atoms with Crippen LogP contribution in [0, 0.1) is 12.7 Å². The molecule has 0 saturated carbocycles. The van der Waals surface area contributed by atoms with Gasteiger partial charge in [0.05, 0.1) is 5.56 Å². The average molecular weight is 312 g/mol. The van der Waals surface area contributed by atoms with Crippen molar-refractivity contribution in [3.05, 3.63) is 71.0 Å². The van der Waals surface area contributed by atoms with Crippen molar-refractivity contribution in [2.45, 2.75) is 13.0 Å². The van der Waals surface area contributed by atoms with Crippen molar-refractivity contribution in [3.8, 4) is 0 Å². The maximum atomic E-state index is 13.9. The first kappa shape index (κ1) is 15.2. The number of nitrogens with zero attached hydrogens (tertiary/aromatic N) is 1. The van der Waals surface area contributed by atoms with Crippen molar-refractivity contribution in [2.24, 2.45) is 0 Å². The lowest BCUT2D eigenvalue weighted by molar-refractivity contribution is -0.128. The van der Waals surface area contributed by atoms with Crippen LogP contribution in [-0.2, 0) is 4.79 Å². The number of rotatable bonds is 2. The lowest BCUT2D eigenvalue weighted by atomic mass is 10.00.